The Labute approximate surface area is 140 Å². The van der Waals surface area contributed by atoms with Gasteiger partial charge >= 0.3 is 0 Å². The van der Waals surface area contributed by atoms with E-state index in [0.29, 0.717) is 36.2 Å². The van der Waals surface area contributed by atoms with Crippen molar-refractivity contribution >= 4 is 5.91 Å². The minimum absolute atomic E-state index is 0.00406. The van der Waals surface area contributed by atoms with Crippen molar-refractivity contribution in [2.45, 2.75) is 38.6 Å². The van der Waals surface area contributed by atoms with E-state index in [1.54, 1.807) is 0 Å². The number of furan rings is 1. The molecule has 2 aliphatic rings. The molecule has 128 valence electrons. The van der Waals surface area contributed by atoms with Gasteiger partial charge in [-0.3, -0.25) is 9.69 Å². The monoisotopic (exact) mass is 330 g/mol. The van der Waals surface area contributed by atoms with E-state index in [4.69, 9.17) is 8.94 Å². The van der Waals surface area contributed by atoms with Gasteiger partial charge in [0.05, 0.1) is 5.56 Å². The first-order chi connectivity index (χ1) is 11.5. The number of carbonyl (C=O) groups is 1. The zero-order chi connectivity index (χ0) is 16.8. The van der Waals surface area contributed by atoms with Crippen LogP contribution >= 0.6 is 0 Å². The highest BCUT2D eigenvalue weighted by molar-refractivity contribution is 5.95. The number of hydrogen-bond donors (Lipinski definition) is 0. The Morgan fingerprint density at radius 1 is 1.29 bits per heavy atom. The maximum Gasteiger partial charge on any atom is 0.257 e. The number of aromatic nitrogens is 2. The average Bonchev–Trinajstić information content (AvgIpc) is 3.19. The van der Waals surface area contributed by atoms with Crippen LogP contribution in [0, 0.1) is 13.8 Å². The highest BCUT2D eigenvalue weighted by atomic mass is 16.5. The molecule has 7 nitrogen and oxygen atoms in total. The largest absolute Gasteiger partial charge is 0.466 e. The van der Waals surface area contributed by atoms with Crippen molar-refractivity contribution in [1.29, 1.82) is 0 Å². The van der Waals surface area contributed by atoms with E-state index in [2.05, 4.69) is 15.0 Å². The van der Waals surface area contributed by atoms with Crippen molar-refractivity contribution < 1.29 is 13.7 Å². The molecule has 0 spiro atoms. The number of piperazine rings is 1. The third-order valence-electron chi connectivity index (χ3n) is 4.89. The van der Waals surface area contributed by atoms with Gasteiger partial charge < -0.3 is 13.8 Å². The third-order valence-corrected chi connectivity index (χ3v) is 4.89. The summed E-state index contributed by atoms with van der Waals surface area (Å²) < 4.78 is 11.0. The molecule has 7 heteroatoms. The summed E-state index contributed by atoms with van der Waals surface area (Å²) in [5.74, 6) is 3.31. The lowest BCUT2D eigenvalue weighted by molar-refractivity contribution is 0.0487. The highest BCUT2D eigenvalue weighted by Crippen LogP contribution is 2.39. The number of nitrogens with zero attached hydrogens (tertiary/aromatic N) is 4. The smallest absolute Gasteiger partial charge is 0.257 e. The minimum Gasteiger partial charge on any atom is -0.466 e. The maximum atomic E-state index is 12.8. The molecule has 0 bridgehead atoms. The summed E-state index contributed by atoms with van der Waals surface area (Å²) in [5.41, 5.74) is 0.639. The predicted molar refractivity (Wildman–Crippen MR) is 85.7 cm³/mol. The van der Waals surface area contributed by atoms with Crippen molar-refractivity contribution in [1.82, 2.24) is 19.9 Å². The number of aryl methyl sites for hydroxylation is 2. The summed E-state index contributed by atoms with van der Waals surface area (Å²) in [7, 11) is 2.03. The molecule has 1 amide bonds. The van der Waals surface area contributed by atoms with E-state index in [-0.39, 0.29) is 11.9 Å². The first-order valence-corrected chi connectivity index (χ1v) is 8.43. The van der Waals surface area contributed by atoms with Gasteiger partial charge in [-0.25, -0.2) is 0 Å². The molecule has 0 aromatic carbocycles. The van der Waals surface area contributed by atoms with E-state index in [0.717, 1.165) is 31.0 Å². The van der Waals surface area contributed by atoms with Gasteiger partial charge in [-0.2, -0.15) is 4.98 Å². The lowest BCUT2D eigenvalue weighted by Crippen LogP contribution is -2.49. The van der Waals surface area contributed by atoms with E-state index in [1.165, 1.54) is 0 Å². The summed E-state index contributed by atoms with van der Waals surface area (Å²) in [4.78, 5) is 21.4. The number of amides is 1. The van der Waals surface area contributed by atoms with Gasteiger partial charge in [0, 0.05) is 25.6 Å². The van der Waals surface area contributed by atoms with Crippen molar-refractivity contribution in [3.8, 4) is 0 Å². The number of rotatable bonds is 3. The molecule has 2 aromatic rings. The summed E-state index contributed by atoms with van der Waals surface area (Å²) >= 11 is 0. The Balaban J connectivity index is 1.53. The SMILES string of the molecule is Cc1cc(C(=O)N2CCN(C)[C@H](c3nc(C4CC4)no3)C2)c(C)o1. The first-order valence-electron chi connectivity index (χ1n) is 8.43. The van der Waals surface area contributed by atoms with Crippen LogP contribution in [0.15, 0.2) is 15.0 Å². The number of carbonyl (C=O) groups excluding carboxylic acids is 1. The second-order valence-electron chi connectivity index (χ2n) is 6.84. The first kappa shape index (κ1) is 15.4. The molecule has 1 atom stereocenters. The summed E-state index contributed by atoms with van der Waals surface area (Å²) in [5, 5.41) is 4.10. The fraction of sp³-hybridized carbons (Fsp3) is 0.588. The van der Waals surface area contributed by atoms with Crippen LogP contribution in [0.1, 0.15) is 58.4 Å². The molecular formula is C17H22N4O3. The molecule has 0 radical (unpaired) electrons. The average molecular weight is 330 g/mol. The zero-order valence-corrected chi connectivity index (χ0v) is 14.3. The molecule has 1 saturated heterocycles. The number of hydrogen-bond acceptors (Lipinski definition) is 6. The van der Waals surface area contributed by atoms with Crippen LogP contribution in [0.2, 0.25) is 0 Å². The molecular weight excluding hydrogens is 308 g/mol. The topological polar surface area (TPSA) is 75.6 Å². The molecule has 1 saturated carbocycles. The standard InChI is InChI=1S/C17H22N4O3/c1-10-8-13(11(2)23-10)17(22)21-7-6-20(3)14(9-21)16-18-15(19-24-16)12-4-5-12/h8,12,14H,4-7,9H2,1-3H3/t14-/m0/s1. The zero-order valence-electron chi connectivity index (χ0n) is 14.3. The molecule has 4 rings (SSSR count). The van der Waals surface area contributed by atoms with Crippen LogP contribution in [-0.4, -0.2) is 52.5 Å². The Hall–Kier alpha value is -2.15. The molecule has 24 heavy (non-hydrogen) atoms. The second kappa shape index (κ2) is 5.73. The van der Waals surface area contributed by atoms with Crippen molar-refractivity contribution in [3.05, 3.63) is 34.9 Å². The molecule has 2 aromatic heterocycles. The molecule has 3 heterocycles. The van der Waals surface area contributed by atoms with Gasteiger partial charge in [0.25, 0.3) is 5.91 Å². The van der Waals surface area contributed by atoms with Gasteiger partial charge in [-0.05, 0) is 39.8 Å². The van der Waals surface area contributed by atoms with Crippen LogP contribution in [0.4, 0.5) is 0 Å². The Morgan fingerprint density at radius 2 is 2.08 bits per heavy atom. The van der Waals surface area contributed by atoms with Crippen LogP contribution in [0.25, 0.3) is 0 Å². The van der Waals surface area contributed by atoms with Gasteiger partial charge in [-0.1, -0.05) is 5.16 Å². The molecule has 0 unspecified atom stereocenters. The van der Waals surface area contributed by atoms with E-state index >= 15 is 0 Å². The van der Waals surface area contributed by atoms with E-state index < -0.39 is 0 Å². The number of likely N-dealkylation sites (N-methyl/N-ethyl adjacent to an activating group) is 1. The second-order valence-corrected chi connectivity index (χ2v) is 6.84. The van der Waals surface area contributed by atoms with Crippen LogP contribution in [0.3, 0.4) is 0 Å². The fourth-order valence-electron chi connectivity index (χ4n) is 3.23. The molecule has 1 aliphatic heterocycles. The van der Waals surface area contributed by atoms with Crippen LogP contribution < -0.4 is 0 Å². The Morgan fingerprint density at radius 3 is 2.75 bits per heavy atom. The third kappa shape index (κ3) is 2.73. The Kier molecular flexibility index (Phi) is 3.68. The van der Waals surface area contributed by atoms with Crippen LogP contribution in [0.5, 0.6) is 0 Å². The summed E-state index contributed by atoms with van der Waals surface area (Å²) in [6.07, 6.45) is 2.28. The van der Waals surface area contributed by atoms with E-state index in [1.807, 2.05) is 31.9 Å². The highest BCUT2D eigenvalue weighted by Gasteiger charge is 2.35. The molecule has 0 N–H and O–H groups in total. The van der Waals surface area contributed by atoms with Gasteiger partial charge in [0.15, 0.2) is 5.82 Å². The molecule has 1 aliphatic carbocycles. The Bertz CT molecular complexity index is 762. The molecule has 2 fully saturated rings. The fourth-order valence-corrected chi connectivity index (χ4v) is 3.23. The van der Waals surface area contributed by atoms with Gasteiger partial charge in [0.1, 0.15) is 17.6 Å². The lowest BCUT2D eigenvalue weighted by atomic mass is 10.1. The predicted octanol–water partition coefficient (Wildman–Crippen LogP) is 2.29. The maximum absolute atomic E-state index is 12.8. The van der Waals surface area contributed by atoms with Crippen molar-refractivity contribution in [3.63, 3.8) is 0 Å². The van der Waals surface area contributed by atoms with Gasteiger partial charge in [0.2, 0.25) is 5.89 Å². The lowest BCUT2D eigenvalue weighted by Gasteiger charge is -2.37. The summed E-state index contributed by atoms with van der Waals surface area (Å²) in [6, 6.07) is 1.75. The summed E-state index contributed by atoms with van der Waals surface area (Å²) in [6.45, 7) is 5.68. The van der Waals surface area contributed by atoms with Crippen LogP contribution in [-0.2, 0) is 0 Å². The normalized spacial score (nSPS) is 22.1. The van der Waals surface area contributed by atoms with Crippen molar-refractivity contribution in [2.24, 2.45) is 0 Å². The van der Waals surface area contributed by atoms with Crippen molar-refractivity contribution in [2.75, 3.05) is 26.7 Å². The van der Waals surface area contributed by atoms with E-state index in [9.17, 15) is 4.79 Å². The quantitative estimate of drug-likeness (QED) is 0.859. The van der Waals surface area contributed by atoms with Gasteiger partial charge in [-0.15, -0.1) is 0 Å². The minimum atomic E-state index is -0.0593.